The van der Waals surface area contributed by atoms with Gasteiger partial charge in [-0.15, -0.1) is 0 Å². The SMILES string of the molecule is O=[N+]([O-])c1cnc(Cl)c([C@H]2CCN2)c1. The third kappa shape index (κ3) is 1.56. The minimum absolute atomic E-state index is 0.0156. The topological polar surface area (TPSA) is 68.1 Å². The van der Waals surface area contributed by atoms with Crippen LogP contribution in [-0.2, 0) is 0 Å². The van der Waals surface area contributed by atoms with Crippen LogP contribution in [0.1, 0.15) is 18.0 Å². The normalized spacial score (nSPS) is 20.2. The van der Waals surface area contributed by atoms with Crippen LogP contribution < -0.4 is 5.32 Å². The quantitative estimate of drug-likeness (QED) is 0.461. The van der Waals surface area contributed by atoms with Gasteiger partial charge < -0.3 is 5.32 Å². The molecule has 0 saturated carbocycles. The summed E-state index contributed by atoms with van der Waals surface area (Å²) >= 11 is 5.83. The molecule has 5 nitrogen and oxygen atoms in total. The Bertz CT molecular complexity index is 379. The Hall–Kier alpha value is -1.20. The minimum atomic E-state index is -0.467. The van der Waals surface area contributed by atoms with Gasteiger partial charge in [-0.05, 0) is 13.0 Å². The summed E-state index contributed by atoms with van der Waals surface area (Å²) in [5.41, 5.74) is 0.699. The van der Waals surface area contributed by atoms with Gasteiger partial charge in [-0.3, -0.25) is 10.1 Å². The Morgan fingerprint density at radius 2 is 2.43 bits per heavy atom. The van der Waals surface area contributed by atoms with Crippen molar-refractivity contribution in [2.45, 2.75) is 12.5 Å². The van der Waals surface area contributed by atoms with E-state index in [-0.39, 0.29) is 11.7 Å². The Balaban J connectivity index is 2.36. The van der Waals surface area contributed by atoms with Gasteiger partial charge in [0, 0.05) is 17.7 Å². The van der Waals surface area contributed by atoms with Gasteiger partial charge in [0.25, 0.3) is 5.69 Å². The molecule has 14 heavy (non-hydrogen) atoms. The fraction of sp³-hybridized carbons (Fsp3) is 0.375. The van der Waals surface area contributed by atoms with E-state index in [0.717, 1.165) is 13.0 Å². The van der Waals surface area contributed by atoms with E-state index in [0.29, 0.717) is 10.7 Å². The smallest absolute Gasteiger partial charge is 0.288 e. The predicted octanol–water partition coefficient (Wildman–Crippen LogP) is 1.68. The number of nitrogens with zero attached hydrogens (tertiary/aromatic N) is 2. The monoisotopic (exact) mass is 213 g/mol. The van der Waals surface area contributed by atoms with Gasteiger partial charge in [0.05, 0.1) is 4.92 Å². The molecule has 1 aromatic rings. The molecular weight excluding hydrogens is 206 g/mol. The van der Waals surface area contributed by atoms with Crippen molar-refractivity contribution in [3.8, 4) is 0 Å². The summed E-state index contributed by atoms with van der Waals surface area (Å²) in [4.78, 5) is 13.8. The number of nitrogens with one attached hydrogen (secondary N) is 1. The molecule has 0 radical (unpaired) electrons. The zero-order valence-corrected chi connectivity index (χ0v) is 7.99. The zero-order chi connectivity index (χ0) is 10.1. The van der Waals surface area contributed by atoms with Crippen molar-refractivity contribution in [2.24, 2.45) is 0 Å². The van der Waals surface area contributed by atoms with E-state index in [1.165, 1.54) is 12.3 Å². The molecule has 1 saturated heterocycles. The molecule has 1 aromatic heterocycles. The van der Waals surface area contributed by atoms with Crippen molar-refractivity contribution in [2.75, 3.05) is 6.54 Å². The van der Waals surface area contributed by atoms with Crippen molar-refractivity contribution in [1.29, 1.82) is 0 Å². The largest absolute Gasteiger partial charge is 0.310 e. The number of halogens is 1. The number of hydrogen-bond acceptors (Lipinski definition) is 4. The van der Waals surface area contributed by atoms with Gasteiger partial charge in [0.2, 0.25) is 0 Å². The van der Waals surface area contributed by atoms with Crippen LogP contribution in [-0.4, -0.2) is 16.5 Å². The zero-order valence-electron chi connectivity index (χ0n) is 7.24. The molecule has 2 heterocycles. The number of nitro groups is 1. The Morgan fingerprint density at radius 3 is 2.93 bits per heavy atom. The summed E-state index contributed by atoms with van der Waals surface area (Å²) in [5, 5.41) is 14.0. The third-order valence-electron chi connectivity index (χ3n) is 2.26. The molecule has 6 heteroatoms. The highest BCUT2D eigenvalue weighted by Crippen LogP contribution is 2.30. The highest BCUT2D eigenvalue weighted by atomic mass is 35.5. The van der Waals surface area contributed by atoms with Crippen LogP contribution in [0.25, 0.3) is 0 Å². The van der Waals surface area contributed by atoms with Crippen molar-refractivity contribution >= 4 is 17.3 Å². The summed E-state index contributed by atoms with van der Waals surface area (Å²) in [6.07, 6.45) is 2.12. The lowest BCUT2D eigenvalue weighted by molar-refractivity contribution is -0.385. The van der Waals surface area contributed by atoms with Crippen LogP contribution in [0.3, 0.4) is 0 Å². The van der Waals surface area contributed by atoms with E-state index >= 15 is 0 Å². The molecule has 0 bridgehead atoms. The summed E-state index contributed by atoms with van der Waals surface area (Å²) in [6, 6.07) is 1.60. The van der Waals surface area contributed by atoms with Gasteiger partial charge >= 0.3 is 0 Å². The van der Waals surface area contributed by atoms with E-state index in [1.54, 1.807) is 0 Å². The van der Waals surface area contributed by atoms with Crippen LogP contribution in [0, 0.1) is 10.1 Å². The van der Waals surface area contributed by atoms with Gasteiger partial charge in [-0.25, -0.2) is 4.98 Å². The number of rotatable bonds is 2. The van der Waals surface area contributed by atoms with E-state index < -0.39 is 4.92 Å². The Kier molecular flexibility index (Phi) is 2.35. The Morgan fingerprint density at radius 1 is 1.71 bits per heavy atom. The summed E-state index contributed by atoms with van der Waals surface area (Å²) in [6.45, 7) is 0.920. The van der Waals surface area contributed by atoms with E-state index in [4.69, 9.17) is 11.6 Å². The standard InChI is InChI=1S/C8H8ClN3O2/c9-8-6(7-1-2-10-7)3-5(4-11-8)12(13)14/h3-4,7,10H,1-2H2/t7-/m1/s1. The molecule has 0 spiro atoms. The first-order valence-electron chi connectivity index (χ1n) is 4.21. The molecular formula is C8H8ClN3O2. The second kappa shape index (κ2) is 3.51. The lowest BCUT2D eigenvalue weighted by Crippen LogP contribution is -2.35. The van der Waals surface area contributed by atoms with E-state index in [9.17, 15) is 10.1 Å². The van der Waals surface area contributed by atoms with Gasteiger partial charge in [0.15, 0.2) is 0 Å². The molecule has 1 aliphatic heterocycles. The maximum absolute atomic E-state index is 10.5. The first-order chi connectivity index (χ1) is 6.68. The average Bonchev–Trinajstić information content (AvgIpc) is 2.05. The van der Waals surface area contributed by atoms with Gasteiger partial charge in [-0.1, -0.05) is 11.6 Å². The molecule has 0 aromatic carbocycles. The van der Waals surface area contributed by atoms with Gasteiger partial charge in [-0.2, -0.15) is 0 Å². The van der Waals surface area contributed by atoms with Crippen LogP contribution in [0.5, 0.6) is 0 Å². The fourth-order valence-electron chi connectivity index (χ4n) is 1.35. The predicted molar refractivity (Wildman–Crippen MR) is 51.3 cm³/mol. The number of aromatic nitrogens is 1. The summed E-state index contributed by atoms with van der Waals surface area (Å²) in [5.74, 6) is 0. The van der Waals surface area contributed by atoms with Crippen molar-refractivity contribution in [3.05, 3.63) is 33.1 Å². The molecule has 1 aliphatic rings. The second-order valence-corrected chi connectivity index (χ2v) is 3.48. The molecule has 1 fully saturated rings. The highest BCUT2D eigenvalue weighted by Gasteiger charge is 2.23. The first kappa shape index (κ1) is 9.36. The molecule has 2 rings (SSSR count). The maximum atomic E-state index is 10.5. The maximum Gasteiger partial charge on any atom is 0.288 e. The lowest BCUT2D eigenvalue weighted by Gasteiger charge is -2.27. The molecule has 74 valence electrons. The van der Waals surface area contributed by atoms with Crippen LogP contribution in [0.15, 0.2) is 12.3 Å². The summed E-state index contributed by atoms with van der Waals surface area (Å²) in [7, 11) is 0. The lowest BCUT2D eigenvalue weighted by atomic mass is 9.99. The summed E-state index contributed by atoms with van der Waals surface area (Å²) < 4.78 is 0. The highest BCUT2D eigenvalue weighted by molar-refractivity contribution is 6.30. The molecule has 0 unspecified atom stereocenters. The Labute approximate surface area is 85.2 Å². The number of hydrogen-bond donors (Lipinski definition) is 1. The van der Waals surface area contributed by atoms with E-state index in [2.05, 4.69) is 10.3 Å². The average molecular weight is 214 g/mol. The minimum Gasteiger partial charge on any atom is -0.310 e. The van der Waals surface area contributed by atoms with Gasteiger partial charge in [0.1, 0.15) is 11.3 Å². The van der Waals surface area contributed by atoms with Crippen molar-refractivity contribution < 1.29 is 4.92 Å². The molecule has 0 amide bonds. The van der Waals surface area contributed by atoms with Crippen molar-refractivity contribution in [3.63, 3.8) is 0 Å². The second-order valence-electron chi connectivity index (χ2n) is 3.13. The van der Waals surface area contributed by atoms with E-state index in [1.807, 2.05) is 0 Å². The first-order valence-corrected chi connectivity index (χ1v) is 4.59. The van der Waals surface area contributed by atoms with Crippen molar-refractivity contribution in [1.82, 2.24) is 10.3 Å². The third-order valence-corrected chi connectivity index (χ3v) is 2.58. The molecule has 1 atom stereocenters. The fourth-order valence-corrected chi connectivity index (χ4v) is 1.59. The molecule has 1 N–H and O–H groups in total. The molecule has 0 aliphatic carbocycles. The van der Waals surface area contributed by atoms with Crippen LogP contribution in [0.4, 0.5) is 5.69 Å². The number of pyridine rings is 1. The van der Waals surface area contributed by atoms with Crippen LogP contribution >= 0.6 is 11.6 Å². The van der Waals surface area contributed by atoms with Crippen LogP contribution in [0.2, 0.25) is 5.15 Å².